The third-order valence-electron chi connectivity index (χ3n) is 2.79. The Balaban J connectivity index is 2.09. The van der Waals surface area contributed by atoms with E-state index >= 15 is 0 Å². The molecule has 0 aliphatic rings. The van der Waals surface area contributed by atoms with Gasteiger partial charge in [-0.1, -0.05) is 24.0 Å². The summed E-state index contributed by atoms with van der Waals surface area (Å²) < 4.78 is 5.05. The van der Waals surface area contributed by atoms with Crippen LogP contribution in [0.4, 0.5) is 0 Å². The van der Waals surface area contributed by atoms with Gasteiger partial charge in [0.1, 0.15) is 6.61 Å². The highest BCUT2D eigenvalue weighted by Crippen LogP contribution is 2.14. The quantitative estimate of drug-likeness (QED) is 0.839. The van der Waals surface area contributed by atoms with E-state index < -0.39 is 0 Å². The largest absolute Gasteiger partial charge is 0.459 e. The number of benzene rings is 1. The fourth-order valence-electron chi connectivity index (χ4n) is 1.79. The van der Waals surface area contributed by atoms with Crippen LogP contribution in [-0.2, 0) is 0 Å². The van der Waals surface area contributed by atoms with Gasteiger partial charge in [0.05, 0.1) is 12.3 Å². The summed E-state index contributed by atoms with van der Waals surface area (Å²) in [5.41, 5.74) is 1.74. The molecular weight excluding hydrogens is 254 g/mol. The Kier molecular flexibility index (Phi) is 4.59. The lowest BCUT2D eigenvalue weighted by Gasteiger charge is -2.13. The predicted octanol–water partition coefficient (Wildman–Crippen LogP) is 2.11. The molecule has 0 aliphatic heterocycles. The molecule has 0 fully saturated rings. The maximum absolute atomic E-state index is 11.9. The van der Waals surface area contributed by atoms with E-state index in [0.717, 1.165) is 11.1 Å². The third-order valence-corrected chi connectivity index (χ3v) is 2.79. The topological polar surface area (TPSA) is 62.5 Å². The number of carbonyl (C=O) groups excluding carboxylic acids is 1. The molecular formula is C16H15NO3. The summed E-state index contributed by atoms with van der Waals surface area (Å²) in [6.45, 7) is 1.72. The molecule has 1 aromatic heterocycles. The van der Waals surface area contributed by atoms with Gasteiger partial charge in [-0.3, -0.25) is 4.79 Å². The average molecular weight is 269 g/mol. The van der Waals surface area contributed by atoms with Gasteiger partial charge in [0.25, 0.3) is 5.91 Å². The van der Waals surface area contributed by atoms with Crippen molar-refractivity contribution in [3.63, 3.8) is 0 Å². The first-order valence-electron chi connectivity index (χ1n) is 6.25. The van der Waals surface area contributed by atoms with Gasteiger partial charge in [0, 0.05) is 5.56 Å². The molecule has 0 saturated carbocycles. The highest BCUT2D eigenvalue weighted by Gasteiger charge is 2.13. The average Bonchev–Trinajstić information content (AvgIpc) is 2.99. The summed E-state index contributed by atoms with van der Waals surface area (Å²) in [4.78, 5) is 11.9. The van der Waals surface area contributed by atoms with Gasteiger partial charge in [-0.05, 0) is 36.8 Å². The van der Waals surface area contributed by atoms with Crippen LogP contribution < -0.4 is 5.32 Å². The van der Waals surface area contributed by atoms with Gasteiger partial charge in [-0.15, -0.1) is 0 Å². The molecule has 1 amide bonds. The smallest absolute Gasteiger partial charge is 0.287 e. The maximum Gasteiger partial charge on any atom is 0.287 e. The summed E-state index contributed by atoms with van der Waals surface area (Å²) in [5.74, 6) is 5.47. The monoisotopic (exact) mass is 269 g/mol. The molecule has 0 spiro atoms. The number of hydrogen-bond donors (Lipinski definition) is 2. The summed E-state index contributed by atoms with van der Waals surface area (Å²) in [6.07, 6.45) is 1.46. The van der Waals surface area contributed by atoms with E-state index in [1.54, 1.807) is 12.1 Å². The lowest BCUT2D eigenvalue weighted by Crippen LogP contribution is -2.26. The molecule has 1 heterocycles. The number of furan rings is 1. The zero-order valence-corrected chi connectivity index (χ0v) is 11.1. The minimum absolute atomic E-state index is 0.163. The maximum atomic E-state index is 11.9. The predicted molar refractivity (Wildman–Crippen MR) is 75.0 cm³/mol. The lowest BCUT2D eigenvalue weighted by molar-refractivity contribution is 0.0912. The Morgan fingerprint density at radius 1 is 1.40 bits per heavy atom. The van der Waals surface area contributed by atoms with Crippen molar-refractivity contribution in [2.24, 2.45) is 0 Å². The standard InChI is InChI=1S/C16H15NO3/c1-12(17-16(19)15-8-4-10-20-15)14-7-2-5-13(11-14)6-3-9-18/h2,4-5,7-8,10-12,18H,9H2,1H3,(H,17,19). The molecule has 1 unspecified atom stereocenters. The fourth-order valence-corrected chi connectivity index (χ4v) is 1.79. The van der Waals surface area contributed by atoms with E-state index in [1.807, 2.05) is 31.2 Å². The second-order valence-corrected chi connectivity index (χ2v) is 4.26. The molecule has 1 atom stereocenters. The van der Waals surface area contributed by atoms with E-state index in [1.165, 1.54) is 6.26 Å². The minimum atomic E-state index is -0.255. The first-order chi connectivity index (χ1) is 9.70. The molecule has 0 bridgehead atoms. The van der Waals surface area contributed by atoms with E-state index in [9.17, 15) is 4.79 Å². The summed E-state index contributed by atoms with van der Waals surface area (Å²) in [6, 6.07) is 10.6. The zero-order valence-electron chi connectivity index (χ0n) is 11.1. The lowest BCUT2D eigenvalue weighted by atomic mass is 10.1. The van der Waals surface area contributed by atoms with Gasteiger partial charge in [0.2, 0.25) is 0 Å². The molecule has 102 valence electrons. The van der Waals surface area contributed by atoms with Crippen LogP contribution >= 0.6 is 0 Å². The molecule has 0 radical (unpaired) electrons. The molecule has 2 N–H and O–H groups in total. The third kappa shape index (κ3) is 3.50. The zero-order chi connectivity index (χ0) is 14.4. The molecule has 1 aromatic carbocycles. The molecule has 4 nitrogen and oxygen atoms in total. The molecule has 2 aromatic rings. The summed E-state index contributed by atoms with van der Waals surface area (Å²) >= 11 is 0. The van der Waals surface area contributed by atoms with E-state index in [4.69, 9.17) is 9.52 Å². The van der Waals surface area contributed by atoms with Crippen molar-refractivity contribution in [1.82, 2.24) is 5.32 Å². The Morgan fingerprint density at radius 3 is 2.95 bits per heavy atom. The van der Waals surface area contributed by atoms with Crippen molar-refractivity contribution in [1.29, 1.82) is 0 Å². The Labute approximate surface area is 117 Å². The van der Waals surface area contributed by atoms with Crippen molar-refractivity contribution in [3.8, 4) is 11.8 Å². The Morgan fingerprint density at radius 2 is 2.25 bits per heavy atom. The van der Waals surface area contributed by atoms with E-state index in [2.05, 4.69) is 17.2 Å². The number of nitrogens with one attached hydrogen (secondary N) is 1. The van der Waals surface area contributed by atoms with Gasteiger partial charge in [-0.2, -0.15) is 0 Å². The molecule has 20 heavy (non-hydrogen) atoms. The normalized spacial score (nSPS) is 11.3. The van der Waals surface area contributed by atoms with Crippen LogP contribution in [-0.4, -0.2) is 17.6 Å². The van der Waals surface area contributed by atoms with E-state index in [-0.39, 0.29) is 24.3 Å². The van der Waals surface area contributed by atoms with Gasteiger partial charge in [-0.25, -0.2) is 0 Å². The number of rotatable bonds is 3. The van der Waals surface area contributed by atoms with Crippen LogP contribution in [0, 0.1) is 11.8 Å². The van der Waals surface area contributed by atoms with Gasteiger partial charge >= 0.3 is 0 Å². The van der Waals surface area contributed by atoms with Crippen LogP contribution in [0.1, 0.15) is 34.6 Å². The van der Waals surface area contributed by atoms with Crippen LogP contribution in [0.25, 0.3) is 0 Å². The second kappa shape index (κ2) is 6.60. The Bertz CT molecular complexity index is 635. The number of hydrogen-bond acceptors (Lipinski definition) is 3. The van der Waals surface area contributed by atoms with Crippen molar-refractivity contribution in [2.45, 2.75) is 13.0 Å². The molecule has 4 heteroatoms. The second-order valence-electron chi connectivity index (χ2n) is 4.26. The van der Waals surface area contributed by atoms with Crippen molar-refractivity contribution < 1.29 is 14.3 Å². The summed E-state index contributed by atoms with van der Waals surface area (Å²) in [7, 11) is 0. The SMILES string of the molecule is CC(NC(=O)c1ccco1)c1cccc(C#CCO)c1. The Hall–Kier alpha value is -2.51. The van der Waals surface area contributed by atoms with Crippen molar-refractivity contribution in [2.75, 3.05) is 6.61 Å². The number of amides is 1. The molecule has 0 aliphatic carbocycles. The number of carbonyl (C=O) groups is 1. The van der Waals surface area contributed by atoms with Gasteiger partial charge < -0.3 is 14.8 Å². The first-order valence-corrected chi connectivity index (χ1v) is 6.25. The minimum Gasteiger partial charge on any atom is -0.459 e. The van der Waals surface area contributed by atoms with Crippen LogP contribution in [0.3, 0.4) is 0 Å². The van der Waals surface area contributed by atoms with E-state index in [0.29, 0.717) is 0 Å². The highest BCUT2D eigenvalue weighted by atomic mass is 16.3. The number of aliphatic hydroxyl groups excluding tert-OH is 1. The molecule has 0 saturated heterocycles. The van der Waals surface area contributed by atoms with Crippen molar-refractivity contribution >= 4 is 5.91 Å². The first kappa shape index (κ1) is 13.9. The highest BCUT2D eigenvalue weighted by molar-refractivity contribution is 5.91. The fraction of sp³-hybridized carbons (Fsp3) is 0.188. The van der Waals surface area contributed by atoms with Crippen molar-refractivity contribution in [3.05, 3.63) is 59.5 Å². The van der Waals surface area contributed by atoms with Crippen LogP contribution in [0.15, 0.2) is 47.1 Å². The summed E-state index contributed by atoms with van der Waals surface area (Å²) in [5, 5.41) is 11.5. The van der Waals surface area contributed by atoms with Gasteiger partial charge in [0.15, 0.2) is 5.76 Å². The van der Waals surface area contributed by atoms with Crippen LogP contribution in [0.2, 0.25) is 0 Å². The number of aliphatic hydroxyl groups is 1. The van der Waals surface area contributed by atoms with Crippen LogP contribution in [0.5, 0.6) is 0 Å². The molecule has 2 rings (SSSR count).